The molecule has 3 rings (SSSR count). The van der Waals surface area contributed by atoms with Gasteiger partial charge in [0.25, 0.3) is 0 Å². The van der Waals surface area contributed by atoms with Crippen molar-refractivity contribution in [3.63, 3.8) is 0 Å². The predicted molar refractivity (Wildman–Crippen MR) is 74.4 cm³/mol. The molecule has 5 heteroatoms. The van der Waals surface area contributed by atoms with Crippen molar-refractivity contribution in [2.75, 3.05) is 18.5 Å². The van der Waals surface area contributed by atoms with E-state index < -0.39 is 0 Å². The molecule has 0 aliphatic carbocycles. The molecule has 1 saturated heterocycles. The summed E-state index contributed by atoms with van der Waals surface area (Å²) in [6, 6.07) is 4.13. The zero-order valence-electron chi connectivity index (χ0n) is 11.3. The number of ether oxygens (including phenoxy) is 1. The second kappa shape index (κ2) is 5.57. The van der Waals surface area contributed by atoms with Gasteiger partial charge in [-0.25, -0.2) is 4.98 Å². The van der Waals surface area contributed by atoms with Crippen molar-refractivity contribution in [3.05, 3.63) is 24.0 Å². The number of hydrogen-bond acceptors (Lipinski definition) is 4. The molecule has 0 radical (unpaired) electrons. The summed E-state index contributed by atoms with van der Waals surface area (Å²) in [6.45, 7) is 3.90. The smallest absolute Gasteiger partial charge is 0.157 e. The molecule has 1 fully saturated rings. The number of rotatable bonds is 4. The van der Waals surface area contributed by atoms with Crippen molar-refractivity contribution in [3.8, 4) is 0 Å². The highest BCUT2D eigenvalue weighted by Gasteiger charge is 2.13. The van der Waals surface area contributed by atoms with E-state index in [0.717, 1.165) is 31.0 Å². The van der Waals surface area contributed by atoms with E-state index in [1.54, 1.807) is 6.33 Å². The van der Waals surface area contributed by atoms with Gasteiger partial charge in [-0.3, -0.25) is 0 Å². The van der Waals surface area contributed by atoms with Gasteiger partial charge in [0.05, 0.1) is 6.10 Å². The van der Waals surface area contributed by atoms with Gasteiger partial charge in [-0.15, -0.1) is 0 Å². The Hall–Kier alpha value is -1.62. The average molecular weight is 260 g/mol. The molecule has 1 atom stereocenters. The van der Waals surface area contributed by atoms with E-state index in [-0.39, 0.29) is 0 Å². The van der Waals surface area contributed by atoms with Crippen LogP contribution in [0.4, 0.5) is 5.82 Å². The van der Waals surface area contributed by atoms with Crippen LogP contribution in [-0.2, 0) is 4.74 Å². The second-order valence-electron chi connectivity index (χ2n) is 5.15. The lowest BCUT2D eigenvalue weighted by Crippen LogP contribution is -2.22. The lowest BCUT2D eigenvalue weighted by Gasteiger charge is -2.22. The first-order chi connectivity index (χ1) is 9.33. The third kappa shape index (κ3) is 2.87. The Morgan fingerprint density at radius 1 is 1.42 bits per heavy atom. The summed E-state index contributed by atoms with van der Waals surface area (Å²) in [5, 5.41) is 7.68. The highest BCUT2D eigenvalue weighted by Crippen LogP contribution is 2.17. The molecule has 0 aromatic carbocycles. The van der Waals surface area contributed by atoms with Crippen LogP contribution < -0.4 is 5.32 Å². The fourth-order valence-electron chi connectivity index (χ4n) is 2.58. The van der Waals surface area contributed by atoms with Gasteiger partial charge in [-0.05, 0) is 50.3 Å². The number of pyridine rings is 1. The van der Waals surface area contributed by atoms with Crippen LogP contribution in [0.5, 0.6) is 0 Å². The molecule has 1 N–H and O–H groups in total. The Morgan fingerprint density at radius 3 is 3.21 bits per heavy atom. The standard InChI is InChI=1S/C14H20N4O/c1-11-8-13(18-14(9-11)16-10-17-18)15-6-5-12-4-2-3-7-19-12/h8-10,12,15H,2-7H2,1H3. The Morgan fingerprint density at radius 2 is 2.37 bits per heavy atom. The van der Waals surface area contributed by atoms with Crippen LogP contribution in [0.3, 0.4) is 0 Å². The second-order valence-corrected chi connectivity index (χ2v) is 5.15. The number of hydrogen-bond donors (Lipinski definition) is 1. The van der Waals surface area contributed by atoms with E-state index in [0.29, 0.717) is 6.10 Å². The van der Waals surface area contributed by atoms with E-state index in [1.807, 2.05) is 10.6 Å². The van der Waals surface area contributed by atoms with E-state index in [2.05, 4.69) is 28.4 Å². The van der Waals surface area contributed by atoms with Gasteiger partial charge in [-0.2, -0.15) is 9.61 Å². The molecule has 102 valence electrons. The molecule has 0 bridgehead atoms. The monoisotopic (exact) mass is 260 g/mol. The highest BCUT2D eigenvalue weighted by molar-refractivity contribution is 5.51. The molecular formula is C14H20N4O. The molecule has 0 spiro atoms. The fourth-order valence-corrected chi connectivity index (χ4v) is 2.58. The molecule has 3 heterocycles. The van der Waals surface area contributed by atoms with Crippen LogP contribution in [-0.4, -0.2) is 33.9 Å². The first-order valence-electron chi connectivity index (χ1n) is 6.99. The molecular weight excluding hydrogens is 240 g/mol. The maximum atomic E-state index is 5.74. The summed E-state index contributed by atoms with van der Waals surface area (Å²) in [7, 11) is 0. The Bertz CT molecular complexity index is 545. The van der Waals surface area contributed by atoms with E-state index >= 15 is 0 Å². The van der Waals surface area contributed by atoms with Gasteiger partial charge in [0, 0.05) is 13.2 Å². The van der Waals surface area contributed by atoms with Gasteiger partial charge >= 0.3 is 0 Å². The zero-order chi connectivity index (χ0) is 13.1. The number of fused-ring (bicyclic) bond motifs is 1. The van der Waals surface area contributed by atoms with Crippen molar-refractivity contribution in [2.24, 2.45) is 0 Å². The normalized spacial score (nSPS) is 19.7. The van der Waals surface area contributed by atoms with Crippen molar-refractivity contribution >= 4 is 11.5 Å². The van der Waals surface area contributed by atoms with Crippen LogP contribution in [0.2, 0.25) is 0 Å². The Balaban J connectivity index is 1.63. The molecule has 0 saturated carbocycles. The van der Waals surface area contributed by atoms with Crippen LogP contribution in [0, 0.1) is 6.92 Å². The van der Waals surface area contributed by atoms with Gasteiger partial charge in [-0.1, -0.05) is 0 Å². The van der Waals surface area contributed by atoms with Gasteiger partial charge < -0.3 is 10.1 Å². The molecule has 0 amide bonds. The summed E-state index contributed by atoms with van der Waals surface area (Å²) in [5.74, 6) is 1.00. The number of nitrogens with one attached hydrogen (secondary N) is 1. The third-order valence-corrected chi connectivity index (χ3v) is 3.57. The lowest BCUT2D eigenvalue weighted by molar-refractivity contribution is 0.0134. The minimum absolute atomic E-state index is 0.414. The van der Waals surface area contributed by atoms with Crippen molar-refractivity contribution in [2.45, 2.75) is 38.7 Å². The molecule has 2 aromatic rings. The average Bonchev–Trinajstić information content (AvgIpc) is 2.88. The van der Waals surface area contributed by atoms with Crippen molar-refractivity contribution in [1.29, 1.82) is 0 Å². The fraction of sp³-hybridized carbons (Fsp3) is 0.571. The van der Waals surface area contributed by atoms with E-state index in [1.165, 1.54) is 24.8 Å². The minimum atomic E-state index is 0.414. The van der Waals surface area contributed by atoms with Gasteiger partial charge in [0.15, 0.2) is 5.65 Å². The van der Waals surface area contributed by atoms with Crippen LogP contribution in [0.15, 0.2) is 18.5 Å². The maximum Gasteiger partial charge on any atom is 0.157 e. The van der Waals surface area contributed by atoms with E-state index in [9.17, 15) is 0 Å². The topological polar surface area (TPSA) is 51.5 Å². The van der Waals surface area contributed by atoms with Crippen molar-refractivity contribution in [1.82, 2.24) is 14.6 Å². The number of anilines is 1. The van der Waals surface area contributed by atoms with E-state index in [4.69, 9.17) is 4.74 Å². The summed E-state index contributed by atoms with van der Waals surface area (Å²) in [4.78, 5) is 4.23. The molecule has 1 unspecified atom stereocenters. The summed E-state index contributed by atoms with van der Waals surface area (Å²) < 4.78 is 7.58. The number of aromatic nitrogens is 3. The molecule has 2 aromatic heterocycles. The summed E-state index contributed by atoms with van der Waals surface area (Å²) in [6.07, 6.45) is 6.74. The maximum absolute atomic E-state index is 5.74. The largest absolute Gasteiger partial charge is 0.378 e. The third-order valence-electron chi connectivity index (χ3n) is 3.57. The zero-order valence-corrected chi connectivity index (χ0v) is 11.3. The van der Waals surface area contributed by atoms with Crippen molar-refractivity contribution < 1.29 is 4.74 Å². The molecule has 19 heavy (non-hydrogen) atoms. The molecule has 1 aliphatic heterocycles. The minimum Gasteiger partial charge on any atom is -0.378 e. The van der Waals surface area contributed by atoms with Crippen LogP contribution in [0.1, 0.15) is 31.2 Å². The SMILES string of the molecule is Cc1cc(NCCC2CCCCO2)n2ncnc2c1. The first kappa shape index (κ1) is 12.4. The van der Waals surface area contributed by atoms with Crippen LogP contribution >= 0.6 is 0 Å². The van der Waals surface area contributed by atoms with Gasteiger partial charge in [0.2, 0.25) is 0 Å². The van der Waals surface area contributed by atoms with Gasteiger partial charge in [0.1, 0.15) is 12.1 Å². The Labute approximate surface area is 113 Å². The number of nitrogens with zero attached hydrogens (tertiary/aromatic N) is 3. The predicted octanol–water partition coefficient (Wildman–Crippen LogP) is 2.41. The quantitative estimate of drug-likeness (QED) is 0.917. The molecule has 1 aliphatic rings. The summed E-state index contributed by atoms with van der Waals surface area (Å²) in [5.41, 5.74) is 2.08. The highest BCUT2D eigenvalue weighted by atomic mass is 16.5. The Kier molecular flexibility index (Phi) is 3.64. The van der Waals surface area contributed by atoms with Crippen LogP contribution in [0.25, 0.3) is 5.65 Å². The lowest BCUT2D eigenvalue weighted by atomic mass is 10.1. The number of aryl methyl sites for hydroxylation is 1. The first-order valence-corrected chi connectivity index (χ1v) is 6.99. The summed E-state index contributed by atoms with van der Waals surface area (Å²) >= 11 is 0. The molecule has 5 nitrogen and oxygen atoms in total.